The van der Waals surface area contributed by atoms with Gasteiger partial charge in [-0.05, 0) is 37.0 Å². The number of nitrogens with one attached hydrogen (secondary N) is 1. The van der Waals surface area contributed by atoms with E-state index in [1.807, 2.05) is 23.7 Å². The van der Waals surface area contributed by atoms with Gasteiger partial charge in [0.15, 0.2) is 17.1 Å². The molecule has 0 saturated heterocycles. The van der Waals surface area contributed by atoms with E-state index < -0.39 is 0 Å². The number of methoxy groups -OCH3 is 3. The largest absolute Gasteiger partial charge is 0.493 e. The Balaban J connectivity index is 2.04. The molecule has 1 unspecified atom stereocenters. The Labute approximate surface area is 208 Å². The second-order valence-corrected chi connectivity index (χ2v) is 8.96. The van der Waals surface area contributed by atoms with E-state index in [0.29, 0.717) is 46.9 Å². The van der Waals surface area contributed by atoms with E-state index in [4.69, 9.17) is 24.3 Å². The van der Waals surface area contributed by atoms with Crippen LogP contribution in [0.1, 0.15) is 88.8 Å². The lowest BCUT2D eigenvalue weighted by molar-refractivity contribution is 0.324. The van der Waals surface area contributed by atoms with Gasteiger partial charge in [0.25, 0.3) is 5.56 Å². The summed E-state index contributed by atoms with van der Waals surface area (Å²) in [5.74, 6) is 2.26. The van der Waals surface area contributed by atoms with Crippen LogP contribution in [0.3, 0.4) is 0 Å². The van der Waals surface area contributed by atoms with Crippen LogP contribution >= 0.6 is 0 Å². The van der Waals surface area contributed by atoms with Gasteiger partial charge in [0.1, 0.15) is 11.2 Å². The van der Waals surface area contributed by atoms with Crippen LogP contribution in [0.25, 0.3) is 11.0 Å². The van der Waals surface area contributed by atoms with E-state index in [9.17, 15) is 4.79 Å². The summed E-state index contributed by atoms with van der Waals surface area (Å²) < 4.78 is 18.4. The molecule has 8 nitrogen and oxygen atoms in total. The maximum Gasteiger partial charge on any atom is 0.262 e. The van der Waals surface area contributed by atoms with E-state index in [1.54, 1.807) is 21.3 Å². The van der Waals surface area contributed by atoms with Crippen molar-refractivity contribution in [3.8, 4) is 17.2 Å². The van der Waals surface area contributed by atoms with Gasteiger partial charge in [-0.15, -0.1) is 0 Å². The van der Waals surface area contributed by atoms with Crippen molar-refractivity contribution in [2.75, 3.05) is 21.3 Å². The Bertz CT molecular complexity index is 1140. The summed E-state index contributed by atoms with van der Waals surface area (Å²) in [5, 5.41) is 5.50. The number of ether oxygens (including phenoxy) is 3. The van der Waals surface area contributed by atoms with Crippen LogP contribution in [0.2, 0.25) is 0 Å². The summed E-state index contributed by atoms with van der Waals surface area (Å²) in [5.41, 5.74) is 2.25. The first kappa shape index (κ1) is 26.6. The zero-order valence-corrected chi connectivity index (χ0v) is 22.1. The lowest BCUT2D eigenvalue weighted by Crippen LogP contribution is -2.16. The number of aromatic nitrogens is 4. The topological polar surface area (TPSA) is 91.3 Å². The molecular weight excluding hydrogens is 444 g/mol. The fourth-order valence-electron chi connectivity index (χ4n) is 4.71. The molecule has 0 saturated carbocycles. The lowest BCUT2D eigenvalue weighted by atomic mass is 10.0. The molecule has 0 spiro atoms. The van der Waals surface area contributed by atoms with Gasteiger partial charge in [0.2, 0.25) is 5.75 Å². The number of unbranched alkanes of at least 4 members (excludes halogenated alkanes) is 3. The molecule has 0 radical (unpaired) electrons. The minimum atomic E-state index is -0.137. The molecule has 0 amide bonds. The number of aryl methyl sites for hydroxylation is 1. The number of benzene rings is 1. The van der Waals surface area contributed by atoms with Crippen LogP contribution in [0.4, 0.5) is 0 Å². The first-order valence-corrected chi connectivity index (χ1v) is 12.8. The van der Waals surface area contributed by atoms with Crippen molar-refractivity contribution in [3.05, 3.63) is 39.6 Å². The standard InChI is InChI=1S/C27H40N4O4/c1-7-10-11-12-14-19(13-8-2)31-26-24(20(9-3)30-31)27(32)29-23(28-26)17-18-15-21(33-4)25(35-6)22(16-18)34-5/h15-16,19H,7-14,17H2,1-6H3,(H,28,29,32). The molecule has 2 heterocycles. The van der Waals surface area contributed by atoms with Crippen LogP contribution < -0.4 is 19.8 Å². The number of H-pyrrole nitrogens is 1. The molecule has 0 aliphatic heterocycles. The zero-order valence-electron chi connectivity index (χ0n) is 22.1. The molecule has 0 aliphatic carbocycles. The summed E-state index contributed by atoms with van der Waals surface area (Å²) >= 11 is 0. The molecule has 0 fully saturated rings. The van der Waals surface area contributed by atoms with Crippen LogP contribution in [0.15, 0.2) is 16.9 Å². The van der Waals surface area contributed by atoms with Crippen molar-refractivity contribution in [2.24, 2.45) is 0 Å². The van der Waals surface area contributed by atoms with Gasteiger partial charge in [-0.1, -0.05) is 52.9 Å². The van der Waals surface area contributed by atoms with Gasteiger partial charge >= 0.3 is 0 Å². The summed E-state index contributed by atoms with van der Waals surface area (Å²) in [7, 11) is 4.76. The zero-order chi connectivity index (χ0) is 25.4. The Kier molecular flexibility index (Phi) is 9.57. The highest BCUT2D eigenvalue weighted by Crippen LogP contribution is 2.38. The number of fused-ring (bicyclic) bond motifs is 1. The quantitative estimate of drug-likeness (QED) is 0.299. The third kappa shape index (κ3) is 5.97. The van der Waals surface area contributed by atoms with Gasteiger partial charge in [0.05, 0.1) is 33.1 Å². The Morgan fingerprint density at radius 2 is 1.66 bits per heavy atom. The third-order valence-corrected chi connectivity index (χ3v) is 6.47. The molecule has 0 bridgehead atoms. The highest BCUT2D eigenvalue weighted by molar-refractivity contribution is 5.77. The van der Waals surface area contributed by atoms with Crippen molar-refractivity contribution >= 4 is 11.0 Å². The second kappa shape index (κ2) is 12.6. The number of rotatable bonds is 14. The van der Waals surface area contributed by atoms with Gasteiger partial charge in [0, 0.05) is 6.42 Å². The highest BCUT2D eigenvalue weighted by Gasteiger charge is 2.22. The summed E-state index contributed by atoms with van der Waals surface area (Å²) in [4.78, 5) is 21.1. The van der Waals surface area contributed by atoms with Crippen LogP contribution in [0.5, 0.6) is 17.2 Å². The molecule has 3 rings (SSSR count). The minimum absolute atomic E-state index is 0.137. The molecule has 192 valence electrons. The van der Waals surface area contributed by atoms with E-state index in [1.165, 1.54) is 19.3 Å². The predicted molar refractivity (Wildman–Crippen MR) is 139 cm³/mol. The van der Waals surface area contributed by atoms with Crippen molar-refractivity contribution in [2.45, 2.75) is 84.6 Å². The van der Waals surface area contributed by atoms with Crippen molar-refractivity contribution in [1.29, 1.82) is 0 Å². The molecule has 2 aromatic heterocycles. The first-order chi connectivity index (χ1) is 17.0. The lowest BCUT2D eigenvalue weighted by Gasteiger charge is -2.18. The molecule has 1 atom stereocenters. The maximum atomic E-state index is 13.2. The molecule has 3 aromatic rings. The van der Waals surface area contributed by atoms with Crippen molar-refractivity contribution < 1.29 is 14.2 Å². The van der Waals surface area contributed by atoms with Crippen LogP contribution in [-0.2, 0) is 12.8 Å². The normalized spacial score (nSPS) is 12.2. The smallest absolute Gasteiger partial charge is 0.262 e. The van der Waals surface area contributed by atoms with Crippen LogP contribution in [-0.4, -0.2) is 41.1 Å². The Morgan fingerprint density at radius 1 is 0.943 bits per heavy atom. The summed E-state index contributed by atoms with van der Waals surface area (Å²) in [6, 6.07) is 4.00. The van der Waals surface area contributed by atoms with E-state index in [0.717, 1.165) is 36.9 Å². The fourth-order valence-corrected chi connectivity index (χ4v) is 4.71. The van der Waals surface area contributed by atoms with Gasteiger partial charge in [-0.3, -0.25) is 4.79 Å². The molecule has 1 N–H and O–H groups in total. The van der Waals surface area contributed by atoms with Crippen LogP contribution in [0, 0.1) is 0 Å². The SMILES string of the molecule is CCCCCCC(CCC)n1nc(CC)c2c(=O)[nH]c(Cc3cc(OC)c(OC)c(OC)c3)nc21. The van der Waals surface area contributed by atoms with E-state index >= 15 is 0 Å². The van der Waals surface area contributed by atoms with E-state index in [2.05, 4.69) is 18.8 Å². The predicted octanol–water partition coefficient (Wildman–Crippen LogP) is 5.61. The fraction of sp³-hybridized carbons (Fsp3) is 0.593. The van der Waals surface area contributed by atoms with Crippen molar-refractivity contribution in [1.82, 2.24) is 19.7 Å². The summed E-state index contributed by atoms with van der Waals surface area (Å²) in [6.45, 7) is 6.46. The number of aromatic amines is 1. The average molecular weight is 485 g/mol. The maximum absolute atomic E-state index is 13.2. The first-order valence-electron chi connectivity index (χ1n) is 12.8. The number of hydrogen-bond acceptors (Lipinski definition) is 6. The highest BCUT2D eigenvalue weighted by atomic mass is 16.5. The van der Waals surface area contributed by atoms with Crippen molar-refractivity contribution in [3.63, 3.8) is 0 Å². The Hall–Kier alpha value is -3.03. The second-order valence-electron chi connectivity index (χ2n) is 8.96. The summed E-state index contributed by atoms with van der Waals surface area (Å²) in [6.07, 6.45) is 9.06. The third-order valence-electron chi connectivity index (χ3n) is 6.47. The van der Waals surface area contributed by atoms with E-state index in [-0.39, 0.29) is 11.6 Å². The average Bonchev–Trinajstić information content (AvgIpc) is 3.24. The molecular formula is C27H40N4O4. The molecule has 1 aromatic carbocycles. The number of nitrogens with zero attached hydrogens (tertiary/aromatic N) is 3. The molecule has 35 heavy (non-hydrogen) atoms. The number of hydrogen-bond donors (Lipinski definition) is 1. The molecule has 8 heteroatoms. The Morgan fingerprint density at radius 3 is 2.23 bits per heavy atom. The van der Waals surface area contributed by atoms with Gasteiger partial charge in [-0.25, -0.2) is 9.67 Å². The molecule has 0 aliphatic rings. The minimum Gasteiger partial charge on any atom is -0.493 e. The van der Waals surface area contributed by atoms with Gasteiger partial charge < -0.3 is 19.2 Å². The van der Waals surface area contributed by atoms with Gasteiger partial charge in [-0.2, -0.15) is 5.10 Å². The monoisotopic (exact) mass is 484 g/mol.